The summed E-state index contributed by atoms with van der Waals surface area (Å²) < 4.78 is 0. The molecule has 1 amide bonds. The van der Waals surface area contributed by atoms with Crippen molar-refractivity contribution in [2.75, 3.05) is 5.32 Å². The van der Waals surface area contributed by atoms with E-state index in [-0.39, 0.29) is 5.91 Å². The smallest absolute Gasteiger partial charge is 0.221 e. The van der Waals surface area contributed by atoms with Crippen LogP contribution in [0.5, 0.6) is 0 Å². The van der Waals surface area contributed by atoms with Crippen LogP contribution in [0.15, 0.2) is 54.7 Å². The number of nitrogens with one attached hydrogen (secondary N) is 1. The van der Waals surface area contributed by atoms with Crippen LogP contribution in [0.2, 0.25) is 0 Å². The molecule has 1 N–H and O–H groups in total. The van der Waals surface area contributed by atoms with Gasteiger partial charge in [0.1, 0.15) is 0 Å². The molecule has 0 saturated heterocycles. The fraction of sp³-hybridized carbons (Fsp3) is 0.0526. The second kappa shape index (κ2) is 7.61. The fourth-order valence-electron chi connectivity index (χ4n) is 2.02. The number of benzene rings is 2. The Kier molecular flexibility index (Phi) is 5.28. The number of carbonyl (C=O) groups excluding carboxylic acids is 1. The Hall–Kier alpha value is -3.12. The zero-order valence-corrected chi connectivity index (χ0v) is 12.3. The topological polar surface area (TPSA) is 33.5 Å². The van der Waals surface area contributed by atoms with Gasteiger partial charge in [0, 0.05) is 12.6 Å². The molecule has 2 aromatic rings. The van der Waals surface area contributed by atoms with Crippen LogP contribution in [0.3, 0.4) is 0 Å². The molecule has 0 aliphatic rings. The molecule has 3 heteroatoms. The highest BCUT2D eigenvalue weighted by atomic mass is 16.1. The van der Waals surface area contributed by atoms with E-state index in [1.54, 1.807) is 6.08 Å². The third kappa shape index (κ3) is 4.46. The summed E-state index contributed by atoms with van der Waals surface area (Å²) in [5.41, 5.74) is 3.69. The quantitative estimate of drug-likeness (QED) is 0.641. The number of anilines is 1. The molecular weight excluding hydrogens is 272 g/mol. The number of hydrogen-bond donors (Lipinski definition) is 1. The van der Waals surface area contributed by atoms with Crippen LogP contribution in [0.25, 0.3) is 23.1 Å². The van der Waals surface area contributed by atoms with Crippen molar-refractivity contribution in [2.24, 2.45) is 0 Å². The maximum Gasteiger partial charge on any atom is 0.221 e. The van der Waals surface area contributed by atoms with Gasteiger partial charge >= 0.3 is 0 Å². The minimum absolute atomic E-state index is 0.109. The highest BCUT2D eigenvalue weighted by Gasteiger charge is 2.01. The van der Waals surface area contributed by atoms with E-state index in [4.69, 9.17) is 6.57 Å². The molecule has 0 radical (unpaired) electrons. The number of rotatable bonds is 4. The minimum Gasteiger partial charge on any atom is -0.326 e. The Bertz CT molecular complexity index is 753. The summed E-state index contributed by atoms with van der Waals surface area (Å²) in [6.45, 7) is 8.34. The zero-order chi connectivity index (χ0) is 15.8. The molecule has 0 atom stereocenters. The molecule has 0 unspecified atom stereocenters. The molecule has 0 fully saturated rings. The summed E-state index contributed by atoms with van der Waals surface area (Å²) in [5, 5.41) is 2.77. The predicted octanol–water partition coefficient (Wildman–Crippen LogP) is 4.71. The van der Waals surface area contributed by atoms with Crippen LogP contribution in [-0.4, -0.2) is 5.91 Å². The SMILES string of the molecule is [C-]#[N+]/C=C/c1ccc(NC(C)=O)cc1/C=C/c1ccccc1. The molecule has 0 heterocycles. The van der Waals surface area contributed by atoms with Crippen molar-refractivity contribution < 1.29 is 4.79 Å². The summed E-state index contributed by atoms with van der Waals surface area (Å²) >= 11 is 0. The lowest BCUT2D eigenvalue weighted by molar-refractivity contribution is -0.114. The first-order valence-electron chi connectivity index (χ1n) is 6.87. The molecule has 22 heavy (non-hydrogen) atoms. The maximum atomic E-state index is 11.2. The molecule has 0 aliphatic carbocycles. The van der Waals surface area contributed by atoms with Gasteiger partial charge in [0.05, 0.1) is 6.57 Å². The van der Waals surface area contributed by atoms with Crippen LogP contribution in [0, 0.1) is 6.57 Å². The van der Waals surface area contributed by atoms with Crippen LogP contribution in [-0.2, 0) is 4.79 Å². The van der Waals surface area contributed by atoms with Crippen molar-refractivity contribution in [1.29, 1.82) is 0 Å². The summed E-state index contributed by atoms with van der Waals surface area (Å²) in [4.78, 5) is 14.4. The van der Waals surface area contributed by atoms with Crippen molar-refractivity contribution in [1.82, 2.24) is 0 Å². The van der Waals surface area contributed by atoms with Crippen LogP contribution < -0.4 is 5.32 Å². The molecule has 2 rings (SSSR count). The lowest BCUT2D eigenvalue weighted by atomic mass is 10.0. The monoisotopic (exact) mass is 288 g/mol. The first-order chi connectivity index (χ1) is 10.7. The van der Waals surface area contributed by atoms with Gasteiger partial charge in [-0.1, -0.05) is 54.6 Å². The first-order valence-corrected chi connectivity index (χ1v) is 6.87. The van der Waals surface area contributed by atoms with Gasteiger partial charge in [-0.3, -0.25) is 4.79 Å². The van der Waals surface area contributed by atoms with Gasteiger partial charge in [0.25, 0.3) is 0 Å². The highest BCUT2D eigenvalue weighted by molar-refractivity contribution is 5.90. The molecule has 0 saturated carbocycles. The summed E-state index contributed by atoms with van der Waals surface area (Å²) in [6.07, 6.45) is 7.16. The van der Waals surface area contributed by atoms with Crippen LogP contribution in [0.1, 0.15) is 23.6 Å². The van der Waals surface area contributed by atoms with Crippen molar-refractivity contribution in [2.45, 2.75) is 6.92 Å². The first kappa shape index (κ1) is 15.3. The van der Waals surface area contributed by atoms with Gasteiger partial charge in [0.15, 0.2) is 6.20 Å². The van der Waals surface area contributed by atoms with Gasteiger partial charge in [-0.2, -0.15) is 0 Å². The zero-order valence-electron chi connectivity index (χ0n) is 12.3. The normalized spacial score (nSPS) is 10.7. The summed E-state index contributed by atoms with van der Waals surface area (Å²) in [5.74, 6) is -0.109. The van der Waals surface area contributed by atoms with Crippen molar-refractivity contribution >= 4 is 29.8 Å². The maximum absolute atomic E-state index is 11.2. The molecule has 108 valence electrons. The van der Waals surface area contributed by atoms with Crippen molar-refractivity contribution in [3.8, 4) is 0 Å². The van der Waals surface area contributed by atoms with Gasteiger partial charge in [-0.25, -0.2) is 4.85 Å². The third-order valence-corrected chi connectivity index (χ3v) is 2.99. The number of nitrogens with zero attached hydrogens (tertiary/aromatic N) is 1. The standard InChI is InChI=1S/C19H16N2O/c1-15(22)21-19-11-10-17(12-13-20-2)18(14-19)9-8-16-6-4-3-5-7-16/h3-14H,1H3,(H,21,22)/b9-8+,13-12+. The van der Waals surface area contributed by atoms with E-state index in [9.17, 15) is 4.79 Å². The Balaban J connectivity index is 2.36. The van der Waals surface area contributed by atoms with E-state index in [0.717, 1.165) is 22.4 Å². The van der Waals surface area contributed by atoms with E-state index in [1.807, 2.05) is 60.7 Å². The fourth-order valence-corrected chi connectivity index (χ4v) is 2.02. The second-order valence-electron chi connectivity index (χ2n) is 4.71. The second-order valence-corrected chi connectivity index (χ2v) is 4.71. The van der Waals surface area contributed by atoms with E-state index < -0.39 is 0 Å². The van der Waals surface area contributed by atoms with Crippen molar-refractivity contribution in [3.05, 3.63) is 82.8 Å². The van der Waals surface area contributed by atoms with Crippen LogP contribution in [0.4, 0.5) is 5.69 Å². The van der Waals surface area contributed by atoms with E-state index in [1.165, 1.54) is 13.1 Å². The molecule has 0 spiro atoms. The molecule has 3 nitrogen and oxygen atoms in total. The van der Waals surface area contributed by atoms with Crippen molar-refractivity contribution in [3.63, 3.8) is 0 Å². The van der Waals surface area contributed by atoms with E-state index in [2.05, 4.69) is 10.2 Å². The average Bonchev–Trinajstić information content (AvgIpc) is 2.52. The van der Waals surface area contributed by atoms with Gasteiger partial charge in [-0.15, -0.1) is 0 Å². The third-order valence-electron chi connectivity index (χ3n) is 2.99. The predicted molar refractivity (Wildman–Crippen MR) is 91.8 cm³/mol. The van der Waals surface area contributed by atoms with Gasteiger partial charge < -0.3 is 5.32 Å². The molecule has 0 aromatic heterocycles. The number of carbonyl (C=O) groups is 1. The van der Waals surface area contributed by atoms with Gasteiger partial charge in [-0.05, 0) is 28.8 Å². The number of amides is 1. The average molecular weight is 288 g/mol. The van der Waals surface area contributed by atoms with E-state index in [0.29, 0.717) is 0 Å². The lowest BCUT2D eigenvalue weighted by Crippen LogP contribution is -2.05. The highest BCUT2D eigenvalue weighted by Crippen LogP contribution is 2.20. The molecule has 0 bridgehead atoms. The Labute approximate surface area is 130 Å². The number of hydrogen-bond acceptors (Lipinski definition) is 1. The molecule has 2 aromatic carbocycles. The summed E-state index contributed by atoms with van der Waals surface area (Å²) in [6, 6.07) is 15.6. The van der Waals surface area contributed by atoms with E-state index >= 15 is 0 Å². The lowest BCUT2D eigenvalue weighted by Gasteiger charge is -2.07. The Morgan fingerprint density at radius 2 is 1.82 bits per heavy atom. The summed E-state index contributed by atoms with van der Waals surface area (Å²) in [7, 11) is 0. The van der Waals surface area contributed by atoms with Gasteiger partial charge in [0.2, 0.25) is 5.91 Å². The molecular formula is C19H16N2O. The molecule has 0 aliphatic heterocycles. The Morgan fingerprint density at radius 3 is 2.50 bits per heavy atom. The van der Waals surface area contributed by atoms with Crippen LogP contribution >= 0.6 is 0 Å². The Morgan fingerprint density at radius 1 is 1.05 bits per heavy atom. The minimum atomic E-state index is -0.109. The largest absolute Gasteiger partial charge is 0.326 e.